The number of rotatable bonds is 3. The van der Waals surface area contributed by atoms with Crippen LogP contribution in [0.3, 0.4) is 0 Å². The first-order valence-corrected chi connectivity index (χ1v) is 6.91. The maximum absolute atomic E-state index is 12.1. The summed E-state index contributed by atoms with van der Waals surface area (Å²) in [6.45, 7) is 1.82. The Balaban J connectivity index is 2.37. The van der Waals surface area contributed by atoms with E-state index in [1.807, 2.05) is 6.92 Å². The Bertz CT molecular complexity index is 652. The number of nitrogen functional groups attached to an aromatic ring is 1. The van der Waals surface area contributed by atoms with Gasteiger partial charge in [0.1, 0.15) is 0 Å². The zero-order chi connectivity index (χ0) is 13.2. The van der Waals surface area contributed by atoms with Crippen LogP contribution in [0.15, 0.2) is 53.4 Å². The molecule has 0 amide bonds. The van der Waals surface area contributed by atoms with Crippen LogP contribution < -0.4 is 10.5 Å². The third-order valence-electron chi connectivity index (χ3n) is 2.56. The first kappa shape index (κ1) is 12.4. The number of nitrogens with one attached hydrogen (secondary N) is 1. The van der Waals surface area contributed by atoms with Gasteiger partial charge in [0, 0.05) is 5.69 Å². The van der Waals surface area contributed by atoms with Crippen molar-refractivity contribution in [3.63, 3.8) is 0 Å². The largest absolute Gasteiger partial charge is 0.399 e. The minimum Gasteiger partial charge on any atom is -0.399 e. The fraction of sp³-hybridized carbons (Fsp3) is 0.0769. The van der Waals surface area contributed by atoms with Crippen molar-refractivity contribution in [1.82, 2.24) is 0 Å². The molecule has 0 bridgehead atoms. The fourth-order valence-electron chi connectivity index (χ4n) is 1.55. The zero-order valence-corrected chi connectivity index (χ0v) is 10.7. The number of hydrogen-bond acceptors (Lipinski definition) is 3. The average Bonchev–Trinajstić information content (AvgIpc) is 2.35. The molecule has 0 saturated heterocycles. The van der Waals surface area contributed by atoms with Gasteiger partial charge >= 0.3 is 0 Å². The molecule has 0 spiro atoms. The van der Waals surface area contributed by atoms with Gasteiger partial charge < -0.3 is 5.73 Å². The van der Waals surface area contributed by atoms with Gasteiger partial charge in [0.15, 0.2) is 0 Å². The van der Waals surface area contributed by atoms with Crippen molar-refractivity contribution in [3.8, 4) is 0 Å². The first-order valence-electron chi connectivity index (χ1n) is 5.43. The lowest BCUT2D eigenvalue weighted by atomic mass is 10.2. The summed E-state index contributed by atoms with van der Waals surface area (Å²) in [4.78, 5) is 0.229. The standard InChI is InChI=1S/C13H14N2O2S/c1-10-7-8-11(14)9-13(10)15-18(16,17)12-5-3-2-4-6-12/h2-9,15H,14H2,1H3. The fourth-order valence-corrected chi connectivity index (χ4v) is 2.70. The van der Waals surface area contributed by atoms with Gasteiger partial charge in [-0.05, 0) is 36.8 Å². The molecule has 0 saturated carbocycles. The summed E-state index contributed by atoms with van der Waals surface area (Å²) in [6.07, 6.45) is 0. The highest BCUT2D eigenvalue weighted by Gasteiger charge is 2.14. The van der Waals surface area contributed by atoms with Gasteiger partial charge in [-0.3, -0.25) is 4.72 Å². The van der Waals surface area contributed by atoms with Crippen LogP contribution in [-0.4, -0.2) is 8.42 Å². The molecular formula is C13H14N2O2S. The maximum atomic E-state index is 12.1. The van der Waals surface area contributed by atoms with Crippen LogP contribution in [0.25, 0.3) is 0 Å². The highest BCUT2D eigenvalue weighted by molar-refractivity contribution is 7.92. The van der Waals surface area contributed by atoms with E-state index in [9.17, 15) is 8.42 Å². The van der Waals surface area contributed by atoms with Gasteiger partial charge in [0.2, 0.25) is 0 Å². The molecule has 2 aromatic rings. The molecule has 3 N–H and O–H groups in total. The summed E-state index contributed by atoms with van der Waals surface area (Å²) in [6, 6.07) is 13.3. The Kier molecular flexibility index (Phi) is 3.25. The third kappa shape index (κ3) is 2.62. The van der Waals surface area contributed by atoms with Crippen molar-refractivity contribution in [2.75, 3.05) is 10.5 Å². The molecule has 18 heavy (non-hydrogen) atoms. The molecule has 0 fully saturated rings. The zero-order valence-electron chi connectivity index (χ0n) is 9.92. The number of hydrogen-bond donors (Lipinski definition) is 2. The molecule has 0 aromatic heterocycles. The molecular weight excluding hydrogens is 248 g/mol. The molecule has 0 atom stereocenters. The Morgan fingerprint density at radius 2 is 1.72 bits per heavy atom. The van der Waals surface area contributed by atoms with Gasteiger partial charge in [-0.2, -0.15) is 0 Å². The van der Waals surface area contributed by atoms with Crippen LogP contribution in [0, 0.1) is 6.92 Å². The highest BCUT2D eigenvalue weighted by Crippen LogP contribution is 2.21. The van der Waals surface area contributed by atoms with E-state index in [-0.39, 0.29) is 4.90 Å². The van der Waals surface area contributed by atoms with Gasteiger partial charge in [-0.25, -0.2) is 8.42 Å². The van der Waals surface area contributed by atoms with Crippen molar-refractivity contribution in [2.24, 2.45) is 0 Å². The number of anilines is 2. The predicted octanol–water partition coefficient (Wildman–Crippen LogP) is 2.38. The first-order chi connectivity index (χ1) is 8.49. The molecule has 94 valence electrons. The van der Waals surface area contributed by atoms with E-state index in [2.05, 4.69) is 4.72 Å². The van der Waals surface area contributed by atoms with Crippen LogP contribution in [0.1, 0.15) is 5.56 Å². The van der Waals surface area contributed by atoms with E-state index >= 15 is 0 Å². The van der Waals surface area contributed by atoms with Gasteiger partial charge in [-0.1, -0.05) is 24.3 Å². The smallest absolute Gasteiger partial charge is 0.261 e. The summed E-state index contributed by atoms with van der Waals surface area (Å²) in [7, 11) is -3.56. The Morgan fingerprint density at radius 1 is 1.06 bits per heavy atom. The van der Waals surface area contributed by atoms with E-state index in [4.69, 9.17) is 5.73 Å². The summed E-state index contributed by atoms with van der Waals surface area (Å²) in [5.41, 5.74) is 7.49. The average molecular weight is 262 g/mol. The second kappa shape index (κ2) is 4.70. The molecule has 0 aliphatic carbocycles. The topological polar surface area (TPSA) is 72.2 Å². The van der Waals surface area contributed by atoms with Crippen molar-refractivity contribution in [1.29, 1.82) is 0 Å². The summed E-state index contributed by atoms with van der Waals surface area (Å²) in [5.74, 6) is 0. The second-order valence-corrected chi connectivity index (χ2v) is 5.68. The Hall–Kier alpha value is -2.01. The lowest BCUT2D eigenvalue weighted by molar-refractivity contribution is 0.601. The maximum Gasteiger partial charge on any atom is 0.261 e. The minimum absolute atomic E-state index is 0.229. The van der Waals surface area contributed by atoms with E-state index < -0.39 is 10.0 Å². The Labute approximate surface area is 107 Å². The minimum atomic E-state index is -3.56. The van der Waals surface area contributed by atoms with Crippen molar-refractivity contribution >= 4 is 21.4 Å². The molecule has 5 heteroatoms. The molecule has 0 radical (unpaired) electrons. The van der Waals surface area contributed by atoms with E-state index in [1.165, 1.54) is 0 Å². The normalized spacial score (nSPS) is 11.2. The predicted molar refractivity (Wildman–Crippen MR) is 72.8 cm³/mol. The molecule has 0 aliphatic rings. The SMILES string of the molecule is Cc1ccc(N)cc1NS(=O)(=O)c1ccccc1. The van der Waals surface area contributed by atoms with Crippen molar-refractivity contribution in [2.45, 2.75) is 11.8 Å². The molecule has 2 aromatic carbocycles. The third-order valence-corrected chi connectivity index (χ3v) is 3.94. The number of nitrogens with two attached hydrogens (primary N) is 1. The number of sulfonamides is 1. The lowest BCUT2D eigenvalue weighted by Crippen LogP contribution is -2.13. The van der Waals surface area contributed by atoms with Crippen molar-refractivity contribution in [3.05, 3.63) is 54.1 Å². The number of aryl methyl sites for hydroxylation is 1. The molecule has 2 rings (SSSR count). The Morgan fingerprint density at radius 3 is 2.39 bits per heavy atom. The van der Waals surface area contributed by atoms with E-state index in [0.717, 1.165) is 5.56 Å². The van der Waals surface area contributed by atoms with E-state index in [1.54, 1.807) is 48.5 Å². The van der Waals surface area contributed by atoms with Gasteiger partial charge in [-0.15, -0.1) is 0 Å². The van der Waals surface area contributed by atoms with Crippen LogP contribution in [0.2, 0.25) is 0 Å². The van der Waals surface area contributed by atoms with E-state index in [0.29, 0.717) is 11.4 Å². The highest BCUT2D eigenvalue weighted by atomic mass is 32.2. The van der Waals surface area contributed by atoms with Crippen molar-refractivity contribution < 1.29 is 8.42 Å². The van der Waals surface area contributed by atoms with Crippen LogP contribution >= 0.6 is 0 Å². The number of benzene rings is 2. The molecule has 0 aliphatic heterocycles. The quantitative estimate of drug-likeness (QED) is 0.834. The van der Waals surface area contributed by atoms with Crippen LogP contribution in [0.5, 0.6) is 0 Å². The summed E-state index contributed by atoms with van der Waals surface area (Å²) >= 11 is 0. The molecule has 0 unspecified atom stereocenters. The lowest BCUT2D eigenvalue weighted by Gasteiger charge is -2.11. The van der Waals surface area contributed by atoms with Gasteiger partial charge in [0.25, 0.3) is 10.0 Å². The summed E-state index contributed by atoms with van der Waals surface area (Å²) < 4.78 is 26.8. The summed E-state index contributed by atoms with van der Waals surface area (Å²) in [5, 5.41) is 0. The molecule has 0 heterocycles. The van der Waals surface area contributed by atoms with Gasteiger partial charge in [0.05, 0.1) is 10.6 Å². The monoisotopic (exact) mass is 262 g/mol. The van der Waals surface area contributed by atoms with Crippen LogP contribution in [-0.2, 0) is 10.0 Å². The molecule has 4 nitrogen and oxygen atoms in total. The second-order valence-electron chi connectivity index (χ2n) is 3.99. The van der Waals surface area contributed by atoms with Crippen LogP contribution in [0.4, 0.5) is 11.4 Å².